The predicted molar refractivity (Wildman–Crippen MR) is 78.0 cm³/mol. The highest BCUT2D eigenvalue weighted by Crippen LogP contribution is 2.35. The number of amides is 2. The SMILES string of the molecule is CCCC1(C(=O)O)CCCN(C(=O)N2CCC(O)CC2)C1. The molecule has 0 radical (unpaired) electrons. The first kappa shape index (κ1) is 16.1. The minimum absolute atomic E-state index is 0.0664. The average molecular weight is 298 g/mol. The Kier molecular flexibility index (Phi) is 5.08. The van der Waals surface area contributed by atoms with Crippen LogP contribution in [-0.4, -0.2) is 64.3 Å². The van der Waals surface area contributed by atoms with Gasteiger partial charge in [0.05, 0.1) is 11.5 Å². The third-order valence-corrected chi connectivity index (χ3v) is 4.76. The number of aliphatic hydroxyl groups is 1. The monoisotopic (exact) mass is 298 g/mol. The van der Waals surface area contributed by atoms with Crippen LogP contribution in [0.5, 0.6) is 0 Å². The van der Waals surface area contributed by atoms with E-state index < -0.39 is 11.4 Å². The van der Waals surface area contributed by atoms with Gasteiger partial charge >= 0.3 is 12.0 Å². The molecule has 0 bridgehead atoms. The van der Waals surface area contributed by atoms with Crippen molar-refractivity contribution >= 4 is 12.0 Å². The van der Waals surface area contributed by atoms with E-state index in [2.05, 4.69) is 0 Å². The Morgan fingerprint density at radius 3 is 2.43 bits per heavy atom. The highest BCUT2D eigenvalue weighted by Gasteiger charge is 2.43. The summed E-state index contributed by atoms with van der Waals surface area (Å²) in [5.41, 5.74) is -0.780. The van der Waals surface area contributed by atoms with Crippen LogP contribution in [0.4, 0.5) is 4.79 Å². The second-order valence-electron chi connectivity index (χ2n) is 6.36. The fourth-order valence-corrected chi connectivity index (χ4v) is 3.52. The van der Waals surface area contributed by atoms with E-state index in [9.17, 15) is 19.8 Å². The van der Waals surface area contributed by atoms with Crippen molar-refractivity contribution in [3.05, 3.63) is 0 Å². The molecule has 0 aromatic rings. The number of aliphatic carboxylic acids is 1. The number of carboxylic acid groups (broad SMARTS) is 1. The molecule has 0 saturated carbocycles. The summed E-state index contributed by atoms with van der Waals surface area (Å²) in [6.45, 7) is 4.05. The van der Waals surface area contributed by atoms with E-state index >= 15 is 0 Å². The van der Waals surface area contributed by atoms with Crippen LogP contribution in [0.2, 0.25) is 0 Å². The number of urea groups is 1. The molecule has 2 N–H and O–H groups in total. The number of likely N-dealkylation sites (tertiary alicyclic amines) is 2. The van der Waals surface area contributed by atoms with Crippen molar-refractivity contribution < 1.29 is 19.8 Å². The molecule has 1 atom stereocenters. The highest BCUT2D eigenvalue weighted by molar-refractivity contribution is 5.79. The molecule has 21 heavy (non-hydrogen) atoms. The molecule has 6 heteroatoms. The minimum Gasteiger partial charge on any atom is -0.481 e. The lowest BCUT2D eigenvalue weighted by atomic mass is 9.76. The molecular weight excluding hydrogens is 272 g/mol. The summed E-state index contributed by atoms with van der Waals surface area (Å²) in [6, 6.07) is -0.0664. The van der Waals surface area contributed by atoms with Gasteiger partial charge in [-0.05, 0) is 32.1 Å². The van der Waals surface area contributed by atoms with E-state index in [0.29, 0.717) is 51.9 Å². The van der Waals surface area contributed by atoms with Gasteiger partial charge in [-0.1, -0.05) is 13.3 Å². The van der Waals surface area contributed by atoms with Crippen LogP contribution >= 0.6 is 0 Å². The van der Waals surface area contributed by atoms with Crippen molar-refractivity contribution in [2.45, 2.75) is 51.6 Å². The average Bonchev–Trinajstić information content (AvgIpc) is 2.48. The van der Waals surface area contributed by atoms with E-state index in [0.717, 1.165) is 12.8 Å². The van der Waals surface area contributed by atoms with Gasteiger partial charge in [-0.2, -0.15) is 0 Å². The summed E-state index contributed by atoms with van der Waals surface area (Å²) >= 11 is 0. The molecule has 0 spiro atoms. The van der Waals surface area contributed by atoms with E-state index in [1.54, 1.807) is 9.80 Å². The third-order valence-electron chi connectivity index (χ3n) is 4.76. The van der Waals surface area contributed by atoms with Gasteiger partial charge in [-0.25, -0.2) is 4.79 Å². The Morgan fingerprint density at radius 2 is 1.86 bits per heavy atom. The van der Waals surface area contributed by atoms with Gasteiger partial charge in [0.2, 0.25) is 0 Å². The van der Waals surface area contributed by atoms with Gasteiger partial charge in [0.25, 0.3) is 0 Å². The Balaban J connectivity index is 2.02. The molecule has 0 aromatic carbocycles. The second-order valence-corrected chi connectivity index (χ2v) is 6.36. The number of carbonyl (C=O) groups is 2. The van der Waals surface area contributed by atoms with Gasteiger partial charge < -0.3 is 20.0 Å². The number of carboxylic acids is 1. The third kappa shape index (κ3) is 3.48. The van der Waals surface area contributed by atoms with E-state index in [1.165, 1.54) is 0 Å². The molecule has 120 valence electrons. The number of rotatable bonds is 3. The van der Waals surface area contributed by atoms with Crippen LogP contribution in [0.3, 0.4) is 0 Å². The highest BCUT2D eigenvalue weighted by atomic mass is 16.4. The van der Waals surface area contributed by atoms with Crippen molar-refractivity contribution in [2.24, 2.45) is 5.41 Å². The first-order valence-corrected chi connectivity index (χ1v) is 7.94. The topological polar surface area (TPSA) is 81.1 Å². The zero-order valence-corrected chi connectivity index (χ0v) is 12.8. The lowest BCUT2D eigenvalue weighted by Gasteiger charge is -2.42. The largest absolute Gasteiger partial charge is 0.481 e. The number of carbonyl (C=O) groups excluding carboxylic acids is 1. The summed E-state index contributed by atoms with van der Waals surface area (Å²) in [4.78, 5) is 27.7. The second kappa shape index (κ2) is 6.64. The van der Waals surface area contributed by atoms with Crippen LogP contribution in [0.25, 0.3) is 0 Å². The molecule has 2 heterocycles. The van der Waals surface area contributed by atoms with E-state index in [-0.39, 0.29) is 12.1 Å². The van der Waals surface area contributed by atoms with Crippen molar-refractivity contribution in [1.82, 2.24) is 9.80 Å². The fraction of sp³-hybridized carbons (Fsp3) is 0.867. The molecule has 6 nitrogen and oxygen atoms in total. The van der Waals surface area contributed by atoms with Crippen LogP contribution in [-0.2, 0) is 4.79 Å². The van der Waals surface area contributed by atoms with Crippen LogP contribution in [0, 0.1) is 5.41 Å². The van der Waals surface area contributed by atoms with Crippen molar-refractivity contribution in [3.63, 3.8) is 0 Å². The van der Waals surface area contributed by atoms with Gasteiger partial charge in [0, 0.05) is 26.2 Å². The molecule has 2 saturated heterocycles. The zero-order valence-electron chi connectivity index (χ0n) is 12.8. The van der Waals surface area contributed by atoms with Crippen molar-refractivity contribution in [3.8, 4) is 0 Å². The Bertz CT molecular complexity index is 389. The Labute approximate surface area is 125 Å². The molecule has 2 fully saturated rings. The predicted octanol–water partition coefficient (Wildman–Crippen LogP) is 1.53. The summed E-state index contributed by atoms with van der Waals surface area (Å²) in [7, 11) is 0. The smallest absolute Gasteiger partial charge is 0.320 e. The van der Waals surface area contributed by atoms with Gasteiger partial charge in [0.1, 0.15) is 0 Å². The van der Waals surface area contributed by atoms with Crippen LogP contribution in [0.1, 0.15) is 45.4 Å². The molecule has 0 aromatic heterocycles. The van der Waals surface area contributed by atoms with Crippen molar-refractivity contribution in [1.29, 1.82) is 0 Å². The molecule has 2 amide bonds. The maximum absolute atomic E-state index is 12.6. The number of hydrogen-bond acceptors (Lipinski definition) is 3. The number of hydrogen-bond donors (Lipinski definition) is 2. The van der Waals surface area contributed by atoms with Gasteiger partial charge in [0.15, 0.2) is 0 Å². The number of piperidine rings is 2. The number of aliphatic hydroxyl groups excluding tert-OH is 1. The maximum atomic E-state index is 12.6. The lowest BCUT2D eigenvalue weighted by molar-refractivity contribution is -0.152. The normalized spacial score (nSPS) is 27.7. The maximum Gasteiger partial charge on any atom is 0.320 e. The molecule has 0 aliphatic carbocycles. The van der Waals surface area contributed by atoms with Crippen molar-refractivity contribution in [2.75, 3.05) is 26.2 Å². The zero-order chi connectivity index (χ0) is 15.5. The summed E-state index contributed by atoms with van der Waals surface area (Å²) in [5, 5.41) is 19.1. The summed E-state index contributed by atoms with van der Waals surface area (Å²) in [6.07, 6.45) is 3.73. The standard InChI is InChI=1S/C15H26N2O4/c1-2-6-15(13(19)20)7-3-8-17(11-15)14(21)16-9-4-12(18)5-10-16/h12,18H,2-11H2,1H3,(H,19,20). The molecule has 2 rings (SSSR count). The quantitative estimate of drug-likeness (QED) is 0.828. The van der Waals surface area contributed by atoms with Gasteiger partial charge in [-0.15, -0.1) is 0 Å². The number of nitrogens with zero attached hydrogens (tertiary/aromatic N) is 2. The summed E-state index contributed by atoms with van der Waals surface area (Å²) < 4.78 is 0. The lowest BCUT2D eigenvalue weighted by Crippen LogP contribution is -2.55. The van der Waals surface area contributed by atoms with Crippen LogP contribution < -0.4 is 0 Å². The minimum atomic E-state index is -0.782. The van der Waals surface area contributed by atoms with Crippen LogP contribution in [0.15, 0.2) is 0 Å². The van der Waals surface area contributed by atoms with E-state index in [1.807, 2.05) is 6.92 Å². The van der Waals surface area contributed by atoms with E-state index in [4.69, 9.17) is 0 Å². The Hall–Kier alpha value is -1.30. The first-order chi connectivity index (χ1) is 9.98. The molecule has 2 aliphatic rings. The summed E-state index contributed by atoms with van der Waals surface area (Å²) in [5.74, 6) is -0.782. The first-order valence-electron chi connectivity index (χ1n) is 7.94. The Morgan fingerprint density at radius 1 is 1.19 bits per heavy atom. The van der Waals surface area contributed by atoms with Gasteiger partial charge in [-0.3, -0.25) is 4.79 Å². The fourth-order valence-electron chi connectivity index (χ4n) is 3.52. The molecular formula is C15H26N2O4. The molecule has 1 unspecified atom stereocenters. The molecule has 2 aliphatic heterocycles.